The summed E-state index contributed by atoms with van der Waals surface area (Å²) in [5, 5.41) is 4.25. The largest absolute Gasteiger partial charge is 0.417 e. The summed E-state index contributed by atoms with van der Waals surface area (Å²) in [4.78, 5) is 3.72. The molecule has 19 heavy (non-hydrogen) atoms. The predicted molar refractivity (Wildman–Crippen MR) is 67.9 cm³/mol. The molecule has 1 aromatic heterocycles. The maximum Gasteiger partial charge on any atom is 0.417 e. The molecule has 1 fully saturated rings. The average Bonchev–Trinajstić information content (AvgIpc) is 2.37. The summed E-state index contributed by atoms with van der Waals surface area (Å²) in [6.45, 7) is 2.11. The van der Waals surface area contributed by atoms with Gasteiger partial charge in [-0.2, -0.15) is 18.3 Å². The molecule has 0 aliphatic heterocycles. The molecule has 1 aliphatic carbocycles. The molecule has 3 nitrogen and oxygen atoms in total. The average molecular weight is 271 g/mol. The van der Waals surface area contributed by atoms with Crippen molar-refractivity contribution in [2.24, 2.45) is 11.0 Å². The van der Waals surface area contributed by atoms with E-state index in [0.717, 1.165) is 37.2 Å². The molecular weight excluding hydrogens is 255 g/mol. The summed E-state index contributed by atoms with van der Waals surface area (Å²) in [5.41, 5.74) is 3.04. The van der Waals surface area contributed by atoms with Crippen molar-refractivity contribution in [3.05, 3.63) is 23.9 Å². The summed E-state index contributed by atoms with van der Waals surface area (Å²) in [7, 11) is 0. The number of hydrogen-bond donors (Lipinski definition) is 1. The zero-order valence-corrected chi connectivity index (χ0v) is 10.7. The van der Waals surface area contributed by atoms with Crippen LogP contribution in [0, 0.1) is 5.92 Å². The van der Waals surface area contributed by atoms with Crippen LogP contribution in [-0.2, 0) is 6.18 Å². The van der Waals surface area contributed by atoms with E-state index in [2.05, 4.69) is 22.4 Å². The van der Waals surface area contributed by atoms with Crippen LogP contribution < -0.4 is 5.43 Å². The van der Waals surface area contributed by atoms with Gasteiger partial charge in [-0.15, -0.1) is 0 Å². The van der Waals surface area contributed by atoms with E-state index in [9.17, 15) is 13.2 Å². The molecule has 1 saturated carbocycles. The van der Waals surface area contributed by atoms with Gasteiger partial charge in [0.2, 0.25) is 0 Å². The van der Waals surface area contributed by atoms with E-state index >= 15 is 0 Å². The van der Waals surface area contributed by atoms with Crippen molar-refractivity contribution in [3.8, 4) is 0 Å². The van der Waals surface area contributed by atoms with Gasteiger partial charge in [-0.05, 0) is 37.3 Å². The Kier molecular flexibility index (Phi) is 4.07. The number of hydrogen-bond acceptors (Lipinski definition) is 3. The maximum absolute atomic E-state index is 12.4. The fourth-order valence-corrected chi connectivity index (χ4v) is 2.09. The third-order valence-electron chi connectivity index (χ3n) is 3.29. The van der Waals surface area contributed by atoms with Crippen LogP contribution in [0.15, 0.2) is 23.4 Å². The van der Waals surface area contributed by atoms with Gasteiger partial charge < -0.3 is 0 Å². The lowest BCUT2D eigenvalue weighted by Crippen LogP contribution is -2.17. The molecule has 1 aliphatic rings. The molecule has 104 valence electrons. The first-order valence-electron chi connectivity index (χ1n) is 6.32. The molecule has 0 aromatic carbocycles. The second-order valence-electron chi connectivity index (χ2n) is 4.79. The van der Waals surface area contributed by atoms with E-state index in [-0.39, 0.29) is 0 Å². The summed E-state index contributed by atoms with van der Waals surface area (Å²) in [5.74, 6) is 0.758. The van der Waals surface area contributed by atoms with E-state index < -0.39 is 11.7 Å². The van der Waals surface area contributed by atoms with Crippen LogP contribution in [-0.4, -0.2) is 10.7 Å². The minimum Gasteiger partial charge on any atom is -0.261 e. The number of aromatic nitrogens is 1. The Bertz CT molecular complexity index is 451. The lowest BCUT2D eigenvalue weighted by atomic mass is 9.89. The maximum atomic E-state index is 12.4. The predicted octanol–water partition coefficient (Wildman–Crippen LogP) is 4.08. The number of nitrogens with one attached hydrogen (secondary N) is 1. The van der Waals surface area contributed by atoms with Crippen LogP contribution in [0.5, 0.6) is 0 Å². The number of anilines is 1. The van der Waals surface area contributed by atoms with Crippen LogP contribution in [0.2, 0.25) is 0 Å². The fourth-order valence-electron chi connectivity index (χ4n) is 2.09. The quantitative estimate of drug-likeness (QED) is 0.823. The third-order valence-corrected chi connectivity index (χ3v) is 3.29. The Morgan fingerprint density at radius 1 is 1.32 bits per heavy atom. The first kappa shape index (κ1) is 13.8. The number of halogens is 3. The van der Waals surface area contributed by atoms with Crippen LogP contribution in [0.4, 0.5) is 19.0 Å². The van der Waals surface area contributed by atoms with Gasteiger partial charge in [-0.1, -0.05) is 13.3 Å². The van der Waals surface area contributed by atoms with Crippen molar-refractivity contribution in [3.63, 3.8) is 0 Å². The molecule has 0 radical (unpaired) electrons. The molecular formula is C13H16F3N3. The van der Waals surface area contributed by atoms with Gasteiger partial charge in [0, 0.05) is 11.9 Å². The van der Waals surface area contributed by atoms with E-state index in [1.54, 1.807) is 0 Å². The number of alkyl halides is 3. The summed E-state index contributed by atoms with van der Waals surface area (Å²) in [6.07, 6.45) is 0.835. The van der Waals surface area contributed by atoms with Crippen LogP contribution >= 0.6 is 0 Å². The molecule has 0 spiro atoms. The Morgan fingerprint density at radius 3 is 2.68 bits per heavy atom. The van der Waals surface area contributed by atoms with Crippen LogP contribution in [0.3, 0.4) is 0 Å². The van der Waals surface area contributed by atoms with Crippen LogP contribution in [0.1, 0.15) is 38.2 Å². The normalized spacial score (nSPS) is 22.5. The Morgan fingerprint density at radius 2 is 2.11 bits per heavy atom. The molecule has 1 atom stereocenters. The molecule has 0 saturated heterocycles. The minimum atomic E-state index is -4.35. The van der Waals surface area contributed by atoms with Gasteiger partial charge in [-0.25, -0.2) is 4.98 Å². The number of nitrogens with zero attached hydrogens (tertiary/aromatic N) is 2. The Hall–Kier alpha value is -1.59. The van der Waals surface area contributed by atoms with Gasteiger partial charge in [0.15, 0.2) is 0 Å². The van der Waals surface area contributed by atoms with E-state index in [1.165, 1.54) is 12.5 Å². The Labute approximate surface area is 109 Å². The highest BCUT2D eigenvalue weighted by atomic mass is 19.4. The molecule has 2 rings (SSSR count). The topological polar surface area (TPSA) is 37.3 Å². The highest BCUT2D eigenvalue weighted by molar-refractivity contribution is 5.87. The lowest BCUT2D eigenvalue weighted by Gasteiger charge is -2.19. The number of rotatable bonds is 2. The van der Waals surface area contributed by atoms with E-state index in [4.69, 9.17) is 0 Å². The molecule has 6 heteroatoms. The zero-order chi connectivity index (χ0) is 13.9. The first-order valence-corrected chi connectivity index (χ1v) is 6.32. The monoisotopic (exact) mass is 271 g/mol. The smallest absolute Gasteiger partial charge is 0.261 e. The van der Waals surface area contributed by atoms with Gasteiger partial charge in [0.1, 0.15) is 5.82 Å². The first-order chi connectivity index (χ1) is 8.97. The van der Waals surface area contributed by atoms with Crippen molar-refractivity contribution in [2.75, 3.05) is 5.43 Å². The standard InChI is InChI=1S/C13H16F3N3/c1-9-4-2-3-5-11(9)18-19-12-7-6-10(8-17-12)13(14,15)16/h6-9H,2-5H2,1H3,(H,17,19)/b18-11-/t9-/m0/s1. The van der Waals surface area contributed by atoms with Crippen molar-refractivity contribution in [1.29, 1.82) is 0 Å². The van der Waals surface area contributed by atoms with Crippen LogP contribution in [0.25, 0.3) is 0 Å². The van der Waals surface area contributed by atoms with Crippen molar-refractivity contribution in [1.82, 2.24) is 4.98 Å². The van der Waals surface area contributed by atoms with Gasteiger partial charge in [0.25, 0.3) is 0 Å². The summed E-state index contributed by atoms with van der Waals surface area (Å²) >= 11 is 0. The summed E-state index contributed by atoms with van der Waals surface area (Å²) in [6, 6.07) is 2.29. The van der Waals surface area contributed by atoms with Crippen molar-refractivity contribution < 1.29 is 13.2 Å². The number of pyridine rings is 1. The molecule has 0 unspecified atom stereocenters. The molecule has 0 amide bonds. The highest BCUT2D eigenvalue weighted by Crippen LogP contribution is 2.29. The Balaban J connectivity index is 2.02. The lowest BCUT2D eigenvalue weighted by molar-refractivity contribution is -0.137. The third kappa shape index (κ3) is 3.68. The second kappa shape index (κ2) is 5.59. The zero-order valence-electron chi connectivity index (χ0n) is 10.7. The molecule has 1 heterocycles. The summed E-state index contributed by atoms with van der Waals surface area (Å²) < 4.78 is 37.1. The van der Waals surface area contributed by atoms with Crippen molar-refractivity contribution in [2.45, 2.75) is 38.8 Å². The van der Waals surface area contributed by atoms with E-state index in [1.807, 2.05) is 0 Å². The number of hydrazone groups is 1. The molecule has 0 bridgehead atoms. The minimum absolute atomic E-state index is 0.332. The molecule has 1 N–H and O–H groups in total. The molecule has 1 aromatic rings. The highest BCUT2D eigenvalue weighted by Gasteiger charge is 2.30. The SMILES string of the molecule is C[C@H]1CCCC/C1=N/Nc1ccc(C(F)(F)F)cn1. The fraction of sp³-hybridized carbons (Fsp3) is 0.538. The van der Waals surface area contributed by atoms with Gasteiger partial charge in [0.05, 0.1) is 5.56 Å². The van der Waals surface area contributed by atoms with E-state index in [0.29, 0.717) is 11.7 Å². The van der Waals surface area contributed by atoms with Gasteiger partial charge in [-0.3, -0.25) is 5.43 Å². The van der Waals surface area contributed by atoms with Crippen molar-refractivity contribution >= 4 is 11.5 Å². The second-order valence-corrected chi connectivity index (χ2v) is 4.79. The van der Waals surface area contributed by atoms with Gasteiger partial charge >= 0.3 is 6.18 Å².